The minimum atomic E-state index is -0.603. The van der Waals surface area contributed by atoms with Crippen LogP contribution in [-0.4, -0.2) is 76.5 Å². The standard InChI is InChI=1S/C30H45N5O6/c1-30(2,3)41-29(38)33-15-14-31-25(20-33)17-27(36)34(18-21-10-11-21)19-23-13-12-22(16-26(23)35(39)40)28(37)32-24-8-6-4-5-7-9-24/h12-13,16,21,24-25,31H,4-11,14-15,17-20H2,1-3H3,(H,32,37). The summed E-state index contributed by atoms with van der Waals surface area (Å²) < 4.78 is 5.50. The number of hydrogen-bond donors (Lipinski definition) is 2. The van der Waals surface area contributed by atoms with Gasteiger partial charge in [-0.05, 0) is 64.5 Å². The average Bonchev–Trinajstić information content (AvgIpc) is 3.75. The van der Waals surface area contributed by atoms with Crippen molar-refractivity contribution in [2.45, 2.75) is 103 Å². The van der Waals surface area contributed by atoms with Crippen LogP contribution in [0.15, 0.2) is 18.2 Å². The molecule has 2 N–H and O–H groups in total. The summed E-state index contributed by atoms with van der Waals surface area (Å²) in [4.78, 5) is 53.9. The first-order chi connectivity index (χ1) is 19.5. The van der Waals surface area contributed by atoms with Gasteiger partial charge in [0.05, 0.1) is 11.5 Å². The Hall–Kier alpha value is -3.21. The molecule has 2 saturated carbocycles. The molecule has 0 spiro atoms. The number of carbonyl (C=O) groups excluding carboxylic acids is 3. The Morgan fingerprint density at radius 2 is 1.83 bits per heavy atom. The molecule has 226 valence electrons. The lowest BCUT2D eigenvalue weighted by Gasteiger charge is -2.35. The maximum absolute atomic E-state index is 13.5. The van der Waals surface area contributed by atoms with E-state index in [4.69, 9.17) is 4.74 Å². The van der Waals surface area contributed by atoms with Crippen LogP contribution < -0.4 is 10.6 Å². The van der Waals surface area contributed by atoms with Crippen LogP contribution in [0.5, 0.6) is 0 Å². The second kappa shape index (κ2) is 13.6. The van der Waals surface area contributed by atoms with Crippen LogP contribution in [0.3, 0.4) is 0 Å². The molecular formula is C30H45N5O6. The second-order valence-electron chi connectivity index (χ2n) is 12.8. The maximum Gasteiger partial charge on any atom is 0.410 e. The predicted octanol–water partition coefficient (Wildman–Crippen LogP) is 4.39. The van der Waals surface area contributed by atoms with Crippen molar-refractivity contribution in [2.75, 3.05) is 26.2 Å². The Bertz CT molecular complexity index is 1110. The molecule has 1 saturated heterocycles. The molecule has 3 aliphatic rings. The van der Waals surface area contributed by atoms with E-state index in [0.29, 0.717) is 37.7 Å². The zero-order chi connectivity index (χ0) is 29.6. The second-order valence-corrected chi connectivity index (χ2v) is 12.8. The lowest BCUT2D eigenvalue weighted by Crippen LogP contribution is -2.54. The number of nitro benzene ring substituents is 1. The molecule has 2 aliphatic carbocycles. The first-order valence-corrected chi connectivity index (χ1v) is 15.1. The van der Waals surface area contributed by atoms with Crippen molar-refractivity contribution < 1.29 is 24.0 Å². The quantitative estimate of drug-likeness (QED) is 0.255. The van der Waals surface area contributed by atoms with Gasteiger partial charge in [0.15, 0.2) is 0 Å². The number of nitrogens with one attached hydrogen (secondary N) is 2. The van der Waals surface area contributed by atoms with Gasteiger partial charge in [0, 0.05) is 61.9 Å². The van der Waals surface area contributed by atoms with Crippen molar-refractivity contribution in [2.24, 2.45) is 5.92 Å². The molecule has 41 heavy (non-hydrogen) atoms. The molecule has 3 fully saturated rings. The molecule has 0 bridgehead atoms. The normalized spacial score (nSPS) is 20.2. The molecular weight excluding hydrogens is 526 g/mol. The van der Waals surface area contributed by atoms with Gasteiger partial charge in [0.2, 0.25) is 5.91 Å². The van der Waals surface area contributed by atoms with Gasteiger partial charge >= 0.3 is 6.09 Å². The minimum absolute atomic E-state index is 0.0926. The molecule has 1 aromatic carbocycles. The molecule has 1 heterocycles. The van der Waals surface area contributed by atoms with E-state index < -0.39 is 16.6 Å². The largest absolute Gasteiger partial charge is 0.444 e. The van der Waals surface area contributed by atoms with Crippen LogP contribution in [0, 0.1) is 16.0 Å². The predicted molar refractivity (Wildman–Crippen MR) is 154 cm³/mol. The molecule has 1 aromatic rings. The van der Waals surface area contributed by atoms with Gasteiger partial charge < -0.3 is 25.2 Å². The lowest BCUT2D eigenvalue weighted by molar-refractivity contribution is -0.385. The zero-order valence-corrected chi connectivity index (χ0v) is 24.7. The Labute approximate surface area is 242 Å². The highest BCUT2D eigenvalue weighted by Crippen LogP contribution is 2.32. The van der Waals surface area contributed by atoms with E-state index in [-0.39, 0.29) is 48.1 Å². The summed E-state index contributed by atoms with van der Waals surface area (Å²) in [5, 5.41) is 18.4. The number of nitro groups is 1. The molecule has 11 nitrogen and oxygen atoms in total. The van der Waals surface area contributed by atoms with E-state index >= 15 is 0 Å². The number of ether oxygens (including phenoxy) is 1. The summed E-state index contributed by atoms with van der Waals surface area (Å²) in [5.41, 5.74) is -0.0893. The average molecular weight is 572 g/mol. The van der Waals surface area contributed by atoms with E-state index in [1.807, 2.05) is 20.8 Å². The van der Waals surface area contributed by atoms with Crippen molar-refractivity contribution in [3.63, 3.8) is 0 Å². The van der Waals surface area contributed by atoms with Gasteiger partial charge in [-0.2, -0.15) is 0 Å². The Kier molecular flexibility index (Phi) is 10.2. The summed E-state index contributed by atoms with van der Waals surface area (Å²) >= 11 is 0. The highest BCUT2D eigenvalue weighted by Gasteiger charge is 2.32. The van der Waals surface area contributed by atoms with Crippen LogP contribution in [0.4, 0.5) is 10.5 Å². The van der Waals surface area contributed by atoms with E-state index in [2.05, 4.69) is 10.6 Å². The Morgan fingerprint density at radius 1 is 1.12 bits per heavy atom. The van der Waals surface area contributed by atoms with Crippen LogP contribution in [0.25, 0.3) is 0 Å². The fraction of sp³-hybridized carbons (Fsp3) is 0.700. The van der Waals surface area contributed by atoms with Gasteiger partial charge in [-0.15, -0.1) is 0 Å². The third kappa shape index (κ3) is 9.41. The third-order valence-electron chi connectivity index (χ3n) is 7.95. The fourth-order valence-electron chi connectivity index (χ4n) is 5.57. The maximum atomic E-state index is 13.5. The number of hydrogen-bond acceptors (Lipinski definition) is 7. The molecule has 1 unspecified atom stereocenters. The number of benzene rings is 1. The van der Waals surface area contributed by atoms with Crippen molar-refractivity contribution in [3.8, 4) is 0 Å². The fourth-order valence-corrected chi connectivity index (χ4v) is 5.57. The Morgan fingerprint density at radius 3 is 2.46 bits per heavy atom. The smallest absolute Gasteiger partial charge is 0.410 e. The van der Waals surface area contributed by atoms with Gasteiger partial charge in [-0.3, -0.25) is 19.7 Å². The van der Waals surface area contributed by atoms with Gasteiger partial charge in [-0.1, -0.05) is 25.7 Å². The highest BCUT2D eigenvalue weighted by atomic mass is 16.6. The zero-order valence-electron chi connectivity index (χ0n) is 24.7. The van der Waals surface area contributed by atoms with Crippen molar-refractivity contribution in [1.29, 1.82) is 0 Å². The van der Waals surface area contributed by atoms with Crippen LogP contribution in [0.2, 0.25) is 0 Å². The first-order valence-electron chi connectivity index (χ1n) is 15.1. The van der Waals surface area contributed by atoms with E-state index in [9.17, 15) is 24.5 Å². The Balaban J connectivity index is 1.42. The summed E-state index contributed by atoms with van der Waals surface area (Å²) in [6, 6.07) is 4.42. The van der Waals surface area contributed by atoms with Crippen molar-refractivity contribution in [1.82, 2.24) is 20.4 Å². The molecule has 4 rings (SSSR count). The van der Waals surface area contributed by atoms with Gasteiger partial charge in [-0.25, -0.2) is 4.79 Å². The van der Waals surface area contributed by atoms with E-state index in [0.717, 1.165) is 38.5 Å². The number of nitrogens with zero attached hydrogens (tertiary/aromatic N) is 3. The van der Waals surface area contributed by atoms with Crippen LogP contribution in [0.1, 0.15) is 94.5 Å². The molecule has 1 aliphatic heterocycles. The van der Waals surface area contributed by atoms with Crippen LogP contribution >= 0.6 is 0 Å². The molecule has 11 heteroatoms. The lowest BCUT2D eigenvalue weighted by atomic mass is 10.0. The molecule has 0 radical (unpaired) electrons. The summed E-state index contributed by atoms with van der Waals surface area (Å²) in [6.45, 7) is 7.48. The van der Waals surface area contributed by atoms with E-state index in [1.165, 1.54) is 18.9 Å². The topological polar surface area (TPSA) is 134 Å². The van der Waals surface area contributed by atoms with Crippen molar-refractivity contribution >= 4 is 23.6 Å². The van der Waals surface area contributed by atoms with Crippen molar-refractivity contribution in [3.05, 3.63) is 39.4 Å². The van der Waals surface area contributed by atoms with Gasteiger partial charge in [0.25, 0.3) is 11.6 Å². The molecule has 0 aromatic heterocycles. The number of piperazine rings is 1. The summed E-state index contributed by atoms with van der Waals surface area (Å²) in [7, 11) is 0. The summed E-state index contributed by atoms with van der Waals surface area (Å²) in [6.07, 6.45) is 8.16. The van der Waals surface area contributed by atoms with Crippen LogP contribution in [-0.2, 0) is 16.1 Å². The number of amides is 3. The monoisotopic (exact) mass is 571 g/mol. The molecule has 3 amide bonds. The highest BCUT2D eigenvalue weighted by molar-refractivity contribution is 5.95. The summed E-state index contributed by atoms with van der Waals surface area (Å²) in [5.74, 6) is -0.0273. The van der Waals surface area contributed by atoms with Gasteiger partial charge in [0.1, 0.15) is 5.60 Å². The third-order valence-corrected chi connectivity index (χ3v) is 7.95. The number of rotatable bonds is 9. The van der Waals surface area contributed by atoms with E-state index in [1.54, 1.807) is 21.9 Å². The minimum Gasteiger partial charge on any atom is -0.444 e. The first kappa shape index (κ1) is 30.7. The SMILES string of the molecule is CC(C)(C)OC(=O)N1CCNC(CC(=O)N(Cc2ccc(C(=O)NC3CCCCCC3)cc2[N+](=O)[O-])CC2CC2)C1. The molecule has 1 atom stereocenters. The number of carbonyl (C=O) groups is 3.